The van der Waals surface area contributed by atoms with E-state index in [9.17, 15) is 18.0 Å². The number of rotatable bonds is 6. The van der Waals surface area contributed by atoms with E-state index in [1.165, 1.54) is 29.2 Å². The molecular formula is C25H21ClN4O4S. The first-order valence-electron chi connectivity index (χ1n) is 10.8. The maximum absolute atomic E-state index is 13.3. The molecular weight excluding hydrogens is 488 g/mol. The molecule has 3 N–H and O–H groups in total. The first-order valence-corrected chi connectivity index (χ1v) is 12.7. The molecule has 1 aliphatic heterocycles. The number of amides is 2. The standard InChI is InChI=1S/C25H21ClN4O4S/c1-15-23(20-8-4-5-9-21(20)27-15)24-18-6-2-3-7-19(18)25(32)30(24)14-22(31)28-29-35(33,34)17-12-10-16(26)11-13-17/h2-13,24,27,29H,14H2,1H3,(H,28,31). The van der Waals surface area contributed by atoms with Gasteiger partial charge in [-0.2, -0.15) is 0 Å². The molecule has 0 bridgehead atoms. The molecule has 3 aromatic carbocycles. The summed E-state index contributed by atoms with van der Waals surface area (Å²) in [6, 6.07) is 20.0. The summed E-state index contributed by atoms with van der Waals surface area (Å²) in [4.78, 5) is 33.0. The number of nitrogens with one attached hydrogen (secondary N) is 3. The Morgan fingerprint density at radius 3 is 2.49 bits per heavy atom. The molecule has 0 aliphatic carbocycles. The third-order valence-corrected chi connectivity index (χ3v) is 7.55. The SMILES string of the molecule is Cc1[nH]c2ccccc2c1C1c2ccccc2C(=O)N1CC(=O)NNS(=O)(=O)c1ccc(Cl)cc1. The van der Waals surface area contributed by atoms with E-state index in [-0.39, 0.29) is 17.3 Å². The van der Waals surface area contributed by atoms with Crippen molar-refractivity contribution in [2.24, 2.45) is 0 Å². The molecule has 0 radical (unpaired) electrons. The summed E-state index contributed by atoms with van der Waals surface area (Å²) in [6.45, 7) is 1.58. The van der Waals surface area contributed by atoms with Crippen LogP contribution in [0.3, 0.4) is 0 Å². The molecule has 8 nitrogen and oxygen atoms in total. The molecule has 4 aromatic rings. The highest BCUT2D eigenvalue weighted by atomic mass is 35.5. The number of fused-ring (bicyclic) bond motifs is 2. The van der Waals surface area contributed by atoms with Crippen LogP contribution in [0.2, 0.25) is 5.02 Å². The van der Waals surface area contributed by atoms with Crippen molar-refractivity contribution in [1.29, 1.82) is 0 Å². The van der Waals surface area contributed by atoms with E-state index >= 15 is 0 Å². The summed E-state index contributed by atoms with van der Waals surface area (Å²) in [7, 11) is -4.01. The summed E-state index contributed by atoms with van der Waals surface area (Å²) in [5.74, 6) is -0.975. The number of nitrogens with zero attached hydrogens (tertiary/aromatic N) is 1. The third-order valence-electron chi connectivity index (χ3n) is 6.04. The Balaban J connectivity index is 1.43. The molecule has 2 heterocycles. The minimum Gasteiger partial charge on any atom is -0.358 e. The first kappa shape index (κ1) is 23.1. The fourth-order valence-corrected chi connectivity index (χ4v) is 5.47. The minimum atomic E-state index is -4.01. The van der Waals surface area contributed by atoms with Gasteiger partial charge in [-0.15, -0.1) is 4.83 Å². The van der Waals surface area contributed by atoms with E-state index in [0.717, 1.165) is 27.7 Å². The number of H-pyrrole nitrogens is 1. The smallest absolute Gasteiger partial charge is 0.257 e. The fourth-order valence-electron chi connectivity index (χ4n) is 4.49. The van der Waals surface area contributed by atoms with Gasteiger partial charge in [0.05, 0.1) is 10.9 Å². The number of sulfonamides is 1. The van der Waals surface area contributed by atoms with E-state index in [4.69, 9.17) is 11.6 Å². The number of hydrogen-bond acceptors (Lipinski definition) is 4. The Labute approximate surface area is 206 Å². The molecule has 35 heavy (non-hydrogen) atoms. The van der Waals surface area contributed by atoms with Crippen molar-refractivity contribution in [1.82, 2.24) is 20.1 Å². The van der Waals surface area contributed by atoms with Gasteiger partial charge in [0.15, 0.2) is 0 Å². The normalized spacial score (nSPS) is 15.4. The minimum absolute atomic E-state index is 0.0563. The highest BCUT2D eigenvalue weighted by Crippen LogP contribution is 2.42. The molecule has 0 fully saturated rings. The van der Waals surface area contributed by atoms with Gasteiger partial charge in [0.25, 0.3) is 21.8 Å². The lowest BCUT2D eigenvalue weighted by Crippen LogP contribution is -2.47. The maximum atomic E-state index is 13.3. The van der Waals surface area contributed by atoms with E-state index in [2.05, 4.69) is 15.2 Å². The molecule has 0 spiro atoms. The van der Waals surface area contributed by atoms with Gasteiger partial charge in [0.1, 0.15) is 6.54 Å². The average Bonchev–Trinajstić information content (AvgIpc) is 3.31. The van der Waals surface area contributed by atoms with Gasteiger partial charge in [-0.25, -0.2) is 8.42 Å². The number of carbonyl (C=O) groups excluding carboxylic acids is 2. The van der Waals surface area contributed by atoms with Gasteiger partial charge in [-0.05, 0) is 48.9 Å². The Morgan fingerprint density at radius 2 is 1.71 bits per heavy atom. The number of aromatic amines is 1. The van der Waals surface area contributed by atoms with Gasteiger partial charge in [-0.3, -0.25) is 15.0 Å². The van der Waals surface area contributed by atoms with Crippen LogP contribution in [0.25, 0.3) is 10.9 Å². The monoisotopic (exact) mass is 508 g/mol. The predicted molar refractivity (Wildman–Crippen MR) is 132 cm³/mol. The predicted octanol–water partition coefficient (Wildman–Crippen LogP) is 3.68. The molecule has 10 heteroatoms. The first-order chi connectivity index (χ1) is 16.8. The molecule has 0 saturated heterocycles. The van der Waals surface area contributed by atoms with Crippen LogP contribution in [0.5, 0.6) is 0 Å². The highest BCUT2D eigenvalue weighted by Gasteiger charge is 2.40. The zero-order valence-corrected chi connectivity index (χ0v) is 20.2. The molecule has 1 aromatic heterocycles. The Morgan fingerprint density at radius 1 is 1.03 bits per heavy atom. The topological polar surface area (TPSA) is 111 Å². The van der Waals surface area contributed by atoms with Crippen LogP contribution in [0.4, 0.5) is 0 Å². The second-order valence-corrected chi connectivity index (χ2v) is 10.4. The third kappa shape index (κ3) is 4.18. The van der Waals surface area contributed by atoms with Gasteiger partial charge in [0.2, 0.25) is 0 Å². The van der Waals surface area contributed by atoms with Crippen molar-refractivity contribution in [2.45, 2.75) is 17.9 Å². The number of aromatic nitrogens is 1. The molecule has 1 unspecified atom stereocenters. The van der Waals surface area contributed by atoms with Gasteiger partial charge >= 0.3 is 0 Å². The zero-order chi connectivity index (χ0) is 24.7. The summed E-state index contributed by atoms with van der Waals surface area (Å²) in [5, 5.41) is 1.34. The van der Waals surface area contributed by atoms with Crippen LogP contribution in [0, 0.1) is 6.92 Å². The number of benzene rings is 3. The molecule has 178 valence electrons. The summed E-state index contributed by atoms with van der Waals surface area (Å²) in [5.41, 5.74) is 6.23. The number of halogens is 1. The van der Waals surface area contributed by atoms with Gasteiger partial charge in [-0.1, -0.05) is 48.0 Å². The van der Waals surface area contributed by atoms with Gasteiger partial charge < -0.3 is 9.88 Å². The van der Waals surface area contributed by atoms with Crippen LogP contribution in [-0.4, -0.2) is 36.7 Å². The lowest BCUT2D eigenvalue weighted by atomic mass is 9.95. The van der Waals surface area contributed by atoms with Crippen LogP contribution in [0.1, 0.15) is 33.2 Å². The Kier molecular flexibility index (Phi) is 5.84. The fraction of sp³-hybridized carbons (Fsp3) is 0.120. The maximum Gasteiger partial charge on any atom is 0.257 e. The van der Waals surface area contributed by atoms with Crippen LogP contribution in [-0.2, 0) is 14.8 Å². The highest BCUT2D eigenvalue weighted by molar-refractivity contribution is 7.89. The number of hydrazine groups is 1. The quantitative estimate of drug-likeness (QED) is 0.345. The number of para-hydroxylation sites is 1. The molecule has 2 amide bonds. The lowest BCUT2D eigenvalue weighted by Gasteiger charge is -2.25. The molecule has 5 rings (SSSR count). The van der Waals surface area contributed by atoms with Crippen molar-refractivity contribution in [3.8, 4) is 0 Å². The lowest BCUT2D eigenvalue weighted by molar-refractivity contribution is -0.122. The summed E-state index contributed by atoms with van der Waals surface area (Å²) < 4.78 is 25.0. The van der Waals surface area contributed by atoms with Crippen molar-refractivity contribution in [3.63, 3.8) is 0 Å². The van der Waals surface area contributed by atoms with E-state index in [1.807, 2.05) is 43.3 Å². The zero-order valence-electron chi connectivity index (χ0n) is 18.6. The summed E-state index contributed by atoms with van der Waals surface area (Å²) in [6.07, 6.45) is 0. The van der Waals surface area contributed by atoms with Crippen LogP contribution in [0.15, 0.2) is 77.7 Å². The number of hydrogen-bond donors (Lipinski definition) is 3. The Bertz CT molecular complexity index is 1560. The number of carbonyl (C=O) groups is 2. The van der Waals surface area contributed by atoms with E-state index in [1.54, 1.807) is 12.1 Å². The van der Waals surface area contributed by atoms with Gasteiger partial charge in [0, 0.05) is 32.7 Å². The number of aryl methyl sites for hydroxylation is 1. The Hall–Kier alpha value is -3.66. The van der Waals surface area contributed by atoms with Crippen molar-refractivity contribution in [2.75, 3.05) is 6.54 Å². The second-order valence-electron chi connectivity index (χ2n) is 8.24. The van der Waals surface area contributed by atoms with Crippen molar-refractivity contribution in [3.05, 3.63) is 100 Å². The molecule has 1 atom stereocenters. The van der Waals surface area contributed by atoms with Crippen LogP contribution < -0.4 is 10.3 Å². The van der Waals surface area contributed by atoms with E-state index in [0.29, 0.717) is 10.6 Å². The van der Waals surface area contributed by atoms with E-state index < -0.39 is 22.0 Å². The van der Waals surface area contributed by atoms with Crippen LogP contribution >= 0.6 is 11.6 Å². The molecule has 0 saturated carbocycles. The average molecular weight is 509 g/mol. The van der Waals surface area contributed by atoms with Crippen molar-refractivity contribution >= 4 is 44.3 Å². The largest absolute Gasteiger partial charge is 0.358 e. The summed E-state index contributed by atoms with van der Waals surface area (Å²) >= 11 is 5.82. The van der Waals surface area contributed by atoms with Crippen molar-refractivity contribution < 1.29 is 18.0 Å². The second kappa shape index (κ2) is 8.84. The molecule has 1 aliphatic rings.